The van der Waals surface area contributed by atoms with E-state index < -0.39 is 29.9 Å². The smallest absolute Gasteiger partial charge is 0.328 e. The number of nitrogens with two attached hydrogens (primary N) is 1. The summed E-state index contributed by atoms with van der Waals surface area (Å²) in [7, 11) is 1.30. The first-order valence-corrected chi connectivity index (χ1v) is 9.66. The Bertz CT molecular complexity index is 1020. The van der Waals surface area contributed by atoms with E-state index in [9.17, 15) is 14.4 Å². The van der Waals surface area contributed by atoms with Gasteiger partial charge in [-0.05, 0) is 23.3 Å². The van der Waals surface area contributed by atoms with Crippen LogP contribution in [0.25, 0.3) is 0 Å². The molecule has 2 aromatic rings. The number of methoxy groups -OCH3 is 1. The van der Waals surface area contributed by atoms with Crippen LogP contribution in [0.2, 0.25) is 0 Å². The van der Waals surface area contributed by atoms with E-state index >= 15 is 0 Å². The van der Waals surface area contributed by atoms with Crippen molar-refractivity contribution in [1.29, 1.82) is 0 Å². The maximum Gasteiger partial charge on any atom is 0.328 e. The first-order valence-electron chi connectivity index (χ1n) is 9.66. The Kier molecular flexibility index (Phi) is 5.22. The summed E-state index contributed by atoms with van der Waals surface area (Å²) in [6, 6.07) is 15.2. The van der Waals surface area contributed by atoms with Gasteiger partial charge < -0.3 is 15.4 Å². The van der Waals surface area contributed by atoms with Gasteiger partial charge in [-0.2, -0.15) is 5.10 Å². The first-order chi connectivity index (χ1) is 14.5. The molecule has 4 rings (SSSR count). The fraction of sp³-hybridized carbons (Fsp3) is 0.273. The minimum absolute atomic E-state index is 0.0785. The lowest BCUT2D eigenvalue weighted by atomic mass is 9.93. The second-order valence-corrected chi connectivity index (χ2v) is 7.29. The average molecular weight is 406 g/mol. The lowest BCUT2D eigenvalue weighted by molar-refractivity contribution is -0.151. The molecule has 0 bridgehead atoms. The van der Waals surface area contributed by atoms with Crippen LogP contribution >= 0.6 is 0 Å². The van der Waals surface area contributed by atoms with E-state index in [2.05, 4.69) is 5.10 Å². The molecule has 2 aromatic carbocycles. The summed E-state index contributed by atoms with van der Waals surface area (Å²) in [5.74, 6) is -1.45. The maximum absolute atomic E-state index is 13.4. The van der Waals surface area contributed by atoms with E-state index in [0.717, 1.165) is 11.1 Å². The van der Waals surface area contributed by atoms with Crippen molar-refractivity contribution in [2.75, 3.05) is 12.1 Å². The number of hydrogen-bond acceptors (Lipinski definition) is 6. The highest BCUT2D eigenvalue weighted by atomic mass is 16.5. The number of primary amides is 1. The predicted molar refractivity (Wildman–Crippen MR) is 110 cm³/mol. The average Bonchev–Trinajstić information content (AvgIpc) is 3.23. The number of esters is 1. The Morgan fingerprint density at radius 3 is 2.30 bits per heavy atom. The van der Waals surface area contributed by atoms with Gasteiger partial charge in [0.15, 0.2) is 0 Å². The van der Waals surface area contributed by atoms with Crippen LogP contribution in [0.3, 0.4) is 0 Å². The van der Waals surface area contributed by atoms with Crippen LogP contribution < -0.4 is 10.7 Å². The van der Waals surface area contributed by atoms with Gasteiger partial charge in [0, 0.05) is 19.4 Å². The number of anilines is 1. The van der Waals surface area contributed by atoms with Crippen LogP contribution in [0, 0.1) is 0 Å². The van der Waals surface area contributed by atoms with Crippen molar-refractivity contribution in [2.24, 2.45) is 10.8 Å². The SMILES string of the molecule is COC(=O)[C@@H]1Cc2ccccc2CN1C(=O)C1=NN(c2ccccc2)[C@@H](C(N)=O)C1. The quantitative estimate of drug-likeness (QED) is 0.769. The molecule has 2 heterocycles. The van der Waals surface area contributed by atoms with Crippen molar-refractivity contribution >= 4 is 29.2 Å². The third kappa shape index (κ3) is 3.52. The van der Waals surface area contributed by atoms with Gasteiger partial charge in [-0.1, -0.05) is 42.5 Å². The third-order valence-corrected chi connectivity index (χ3v) is 5.49. The number of nitrogens with zero attached hydrogens (tertiary/aromatic N) is 3. The van der Waals surface area contributed by atoms with Gasteiger partial charge in [0.1, 0.15) is 17.8 Å². The molecule has 0 saturated heterocycles. The summed E-state index contributed by atoms with van der Waals surface area (Å²) in [4.78, 5) is 39.3. The van der Waals surface area contributed by atoms with E-state index in [1.54, 1.807) is 12.1 Å². The van der Waals surface area contributed by atoms with Crippen molar-refractivity contribution < 1.29 is 19.1 Å². The fourth-order valence-corrected chi connectivity index (χ4v) is 3.93. The Morgan fingerprint density at radius 2 is 1.63 bits per heavy atom. The van der Waals surface area contributed by atoms with Gasteiger partial charge in [-0.3, -0.25) is 14.6 Å². The Balaban J connectivity index is 1.66. The molecule has 154 valence electrons. The summed E-state index contributed by atoms with van der Waals surface area (Å²) in [6.07, 6.45) is 0.443. The van der Waals surface area contributed by atoms with Crippen LogP contribution in [0.15, 0.2) is 59.7 Å². The van der Waals surface area contributed by atoms with Crippen molar-refractivity contribution in [3.63, 3.8) is 0 Å². The van der Waals surface area contributed by atoms with Gasteiger partial charge in [0.2, 0.25) is 5.91 Å². The molecule has 2 aliphatic heterocycles. The second kappa shape index (κ2) is 7.98. The van der Waals surface area contributed by atoms with Crippen molar-refractivity contribution in [2.45, 2.75) is 31.5 Å². The summed E-state index contributed by atoms with van der Waals surface area (Å²) in [5, 5.41) is 5.89. The van der Waals surface area contributed by atoms with Crippen LogP contribution in [-0.2, 0) is 32.1 Å². The van der Waals surface area contributed by atoms with Crippen molar-refractivity contribution in [1.82, 2.24) is 4.90 Å². The molecule has 2 amide bonds. The molecule has 0 fully saturated rings. The highest BCUT2D eigenvalue weighted by Gasteiger charge is 2.41. The normalized spacial score (nSPS) is 20.4. The number of ether oxygens (including phenoxy) is 1. The molecular weight excluding hydrogens is 384 g/mol. The standard InChI is InChI=1S/C22H22N4O4/c1-30-22(29)19-11-14-7-5-6-8-15(14)13-25(19)21(28)17-12-18(20(23)27)26(24-17)16-9-3-2-4-10-16/h2-10,18-19H,11-13H2,1H3,(H2,23,27)/t18-,19+/m1/s1. The lowest BCUT2D eigenvalue weighted by Gasteiger charge is -2.35. The van der Waals surface area contributed by atoms with Crippen molar-refractivity contribution in [3.8, 4) is 0 Å². The van der Waals surface area contributed by atoms with Crippen LogP contribution in [0.5, 0.6) is 0 Å². The molecule has 8 heteroatoms. The van der Waals surface area contributed by atoms with Gasteiger partial charge >= 0.3 is 5.97 Å². The molecule has 2 N–H and O–H groups in total. The summed E-state index contributed by atoms with van der Waals surface area (Å²) < 4.78 is 4.94. The predicted octanol–water partition coefficient (Wildman–Crippen LogP) is 1.23. The Morgan fingerprint density at radius 1 is 0.967 bits per heavy atom. The highest BCUT2D eigenvalue weighted by molar-refractivity contribution is 6.40. The van der Waals surface area contributed by atoms with Gasteiger partial charge in [-0.15, -0.1) is 0 Å². The molecule has 0 saturated carbocycles. The molecule has 30 heavy (non-hydrogen) atoms. The molecule has 0 aromatic heterocycles. The van der Waals surface area contributed by atoms with E-state index in [4.69, 9.17) is 10.5 Å². The number of rotatable bonds is 4. The van der Waals surface area contributed by atoms with Gasteiger partial charge in [-0.25, -0.2) is 4.79 Å². The number of benzene rings is 2. The Labute approximate surface area is 173 Å². The number of amides is 2. The van der Waals surface area contributed by atoms with Gasteiger partial charge in [0.05, 0.1) is 12.8 Å². The second-order valence-electron chi connectivity index (χ2n) is 7.29. The molecule has 0 spiro atoms. The largest absolute Gasteiger partial charge is 0.467 e. The van der Waals surface area contributed by atoms with Crippen LogP contribution in [0.4, 0.5) is 5.69 Å². The lowest BCUT2D eigenvalue weighted by Crippen LogP contribution is -2.51. The monoisotopic (exact) mass is 406 g/mol. The summed E-state index contributed by atoms with van der Waals surface area (Å²) in [6.45, 7) is 0.264. The number of para-hydroxylation sites is 1. The molecule has 0 unspecified atom stereocenters. The van der Waals surface area contributed by atoms with E-state index in [0.29, 0.717) is 12.1 Å². The summed E-state index contributed by atoms with van der Waals surface area (Å²) in [5.41, 5.74) is 8.40. The molecule has 8 nitrogen and oxygen atoms in total. The molecular formula is C22H22N4O4. The first kappa shape index (κ1) is 19.6. The topological polar surface area (TPSA) is 105 Å². The zero-order valence-electron chi connectivity index (χ0n) is 16.5. The zero-order chi connectivity index (χ0) is 21.3. The minimum Gasteiger partial charge on any atom is -0.467 e. The zero-order valence-corrected chi connectivity index (χ0v) is 16.5. The number of carbonyl (C=O) groups is 3. The Hall–Kier alpha value is -3.68. The van der Waals surface area contributed by atoms with Crippen LogP contribution in [-0.4, -0.2) is 47.6 Å². The molecule has 2 aliphatic rings. The van der Waals surface area contributed by atoms with Crippen LogP contribution in [0.1, 0.15) is 17.5 Å². The summed E-state index contributed by atoms with van der Waals surface area (Å²) >= 11 is 0. The molecule has 2 atom stereocenters. The highest BCUT2D eigenvalue weighted by Crippen LogP contribution is 2.28. The number of hydrazone groups is 1. The molecule has 0 radical (unpaired) electrons. The van der Waals surface area contributed by atoms with E-state index in [1.165, 1.54) is 17.0 Å². The number of carbonyl (C=O) groups excluding carboxylic acids is 3. The van der Waals surface area contributed by atoms with Gasteiger partial charge in [0.25, 0.3) is 5.91 Å². The molecule has 0 aliphatic carbocycles. The third-order valence-electron chi connectivity index (χ3n) is 5.49. The van der Waals surface area contributed by atoms with E-state index in [1.807, 2.05) is 42.5 Å². The minimum atomic E-state index is -0.764. The maximum atomic E-state index is 13.4. The van der Waals surface area contributed by atoms with Crippen molar-refractivity contribution in [3.05, 3.63) is 65.7 Å². The number of fused-ring (bicyclic) bond motifs is 1. The number of hydrogen-bond donors (Lipinski definition) is 1. The fourth-order valence-electron chi connectivity index (χ4n) is 3.93. The van der Waals surface area contributed by atoms with E-state index in [-0.39, 0.29) is 18.7 Å².